The Kier molecular flexibility index (Phi) is 4.77. The first-order valence-corrected chi connectivity index (χ1v) is 7.28. The Bertz CT molecular complexity index is 453. The molecule has 0 aromatic heterocycles. The molecular formula is C15H22N2OS. The molecular weight excluding hydrogens is 256 g/mol. The molecule has 0 atom stereocenters. The predicted octanol–water partition coefficient (Wildman–Crippen LogP) is 2.89. The van der Waals surface area contributed by atoms with E-state index in [0.29, 0.717) is 11.2 Å². The fourth-order valence-electron chi connectivity index (χ4n) is 2.52. The van der Waals surface area contributed by atoms with E-state index in [2.05, 4.69) is 42.7 Å². The average Bonchev–Trinajstić information content (AvgIpc) is 2.36. The van der Waals surface area contributed by atoms with Gasteiger partial charge >= 0.3 is 0 Å². The van der Waals surface area contributed by atoms with Crippen molar-refractivity contribution in [2.45, 2.75) is 51.7 Å². The van der Waals surface area contributed by atoms with Crippen molar-refractivity contribution in [3.63, 3.8) is 0 Å². The lowest BCUT2D eigenvalue weighted by molar-refractivity contribution is 0.120. The number of hydrogen-bond donors (Lipinski definition) is 3. The van der Waals surface area contributed by atoms with E-state index in [4.69, 9.17) is 12.2 Å². The van der Waals surface area contributed by atoms with Gasteiger partial charge in [0.1, 0.15) is 0 Å². The van der Waals surface area contributed by atoms with Gasteiger partial charge in [0.25, 0.3) is 0 Å². The normalized spacial score (nSPS) is 22.9. The summed E-state index contributed by atoms with van der Waals surface area (Å²) in [5, 5.41) is 16.7. The molecule has 2 rings (SSSR count). The van der Waals surface area contributed by atoms with Crippen molar-refractivity contribution >= 4 is 23.0 Å². The van der Waals surface area contributed by atoms with Crippen LogP contribution in [0.15, 0.2) is 18.2 Å². The fourth-order valence-corrected chi connectivity index (χ4v) is 2.79. The highest BCUT2D eigenvalue weighted by atomic mass is 32.1. The summed E-state index contributed by atoms with van der Waals surface area (Å²) in [5.41, 5.74) is 3.50. The first kappa shape index (κ1) is 14.3. The molecule has 19 heavy (non-hydrogen) atoms. The second-order valence-corrected chi connectivity index (χ2v) is 5.83. The quantitative estimate of drug-likeness (QED) is 0.728. The summed E-state index contributed by atoms with van der Waals surface area (Å²) >= 11 is 5.35. The van der Waals surface area contributed by atoms with Crippen LogP contribution < -0.4 is 10.6 Å². The van der Waals surface area contributed by atoms with Crippen LogP contribution in [0.1, 0.15) is 36.8 Å². The monoisotopic (exact) mass is 278 g/mol. The Morgan fingerprint density at radius 2 is 1.89 bits per heavy atom. The van der Waals surface area contributed by atoms with Crippen molar-refractivity contribution in [3.8, 4) is 0 Å². The molecule has 0 radical (unpaired) electrons. The van der Waals surface area contributed by atoms with E-state index >= 15 is 0 Å². The highest BCUT2D eigenvalue weighted by Crippen LogP contribution is 2.19. The number of aliphatic hydroxyl groups is 1. The lowest BCUT2D eigenvalue weighted by Gasteiger charge is -2.27. The average molecular weight is 278 g/mol. The van der Waals surface area contributed by atoms with Gasteiger partial charge in [-0.1, -0.05) is 17.7 Å². The molecule has 1 aliphatic carbocycles. The predicted molar refractivity (Wildman–Crippen MR) is 83.5 cm³/mol. The van der Waals surface area contributed by atoms with Gasteiger partial charge in [-0.15, -0.1) is 0 Å². The Hall–Kier alpha value is -1.13. The van der Waals surface area contributed by atoms with Crippen LogP contribution in [-0.4, -0.2) is 22.4 Å². The fraction of sp³-hybridized carbons (Fsp3) is 0.533. The number of benzene rings is 1. The lowest BCUT2D eigenvalue weighted by Crippen LogP contribution is -2.40. The van der Waals surface area contributed by atoms with Crippen LogP contribution in [0, 0.1) is 13.8 Å². The zero-order valence-corrected chi connectivity index (χ0v) is 12.4. The van der Waals surface area contributed by atoms with E-state index in [9.17, 15) is 5.11 Å². The summed E-state index contributed by atoms with van der Waals surface area (Å²) in [7, 11) is 0. The van der Waals surface area contributed by atoms with Gasteiger partial charge in [0.15, 0.2) is 5.11 Å². The minimum Gasteiger partial charge on any atom is -0.393 e. The second-order valence-electron chi connectivity index (χ2n) is 5.42. The molecule has 1 aromatic rings. The van der Waals surface area contributed by atoms with Crippen molar-refractivity contribution in [1.29, 1.82) is 0 Å². The number of rotatable bonds is 2. The second kappa shape index (κ2) is 6.35. The van der Waals surface area contributed by atoms with Gasteiger partial charge in [-0.3, -0.25) is 0 Å². The lowest BCUT2D eigenvalue weighted by atomic mass is 9.93. The van der Waals surface area contributed by atoms with Crippen LogP contribution in [0.2, 0.25) is 0 Å². The molecule has 0 saturated heterocycles. The summed E-state index contributed by atoms with van der Waals surface area (Å²) < 4.78 is 0. The highest BCUT2D eigenvalue weighted by Gasteiger charge is 2.19. The van der Waals surface area contributed by atoms with Crippen molar-refractivity contribution in [1.82, 2.24) is 5.32 Å². The summed E-state index contributed by atoms with van der Waals surface area (Å²) in [6, 6.07) is 6.66. The third kappa shape index (κ3) is 4.18. The smallest absolute Gasteiger partial charge is 0.171 e. The Morgan fingerprint density at radius 1 is 1.21 bits per heavy atom. The summed E-state index contributed by atoms with van der Waals surface area (Å²) in [5.74, 6) is 0. The summed E-state index contributed by atoms with van der Waals surface area (Å²) in [4.78, 5) is 0. The number of aryl methyl sites for hydroxylation is 2. The van der Waals surface area contributed by atoms with E-state index in [1.807, 2.05) is 0 Å². The van der Waals surface area contributed by atoms with Crippen LogP contribution >= 0.6 is 12.2 Å². The van der Waals surface area contributed by atoms with Crippen molar-refractivity contribution in [2.24, 2.45) is 0 Å². The Labute approximate surface area is 120 Å². The van der Waals surface area contributed by atoms with Gasteiger partial charge in [-0.25, -0.2) is 0 Å². The molecule has 0 spiro atoms. The number of thiocarbonyl (C=S) groups is 1. The van der Waals surface area contributed by atoms with Crippen LogP contribution in [0.25, 0.3) is 0 Å². The van der Waals surface area contributed by atoms with E-state index in [0.717, 1.165) is 31.4 Å². The highest BCUT2D eigenvalue weighted by molar-refractivity contribution is 7.80. The standard InChI is InChI=1S/C15H22N2OS/c1-10-3-8-14(11(2)9-10)17-15(19)16-12-4-6-13(18)7-5-12/h3,8-9,12-13,18H,4-7H2,1-2H3,(H2,16,17,19). The maximum Gasteiger partial charge on any atom is 0.171 e. The van der Waals surface area contributed by atoms with Crippen LogP contribution in [0.3, 0.4) is 0 Å². The molecule has 0 aliphatic heterocycles. The third-order valence-electron chi connectivity index (χ3n) is 3.66. The first-order chi connectivity index (χ1) is 9.04. The third-order valence-corrected chi connectivity index (χ3v) is 3.88. The van der Waals surface area contributed by atoms with Crippen LogP contribution in [0.5, 0.6) is 0 Å². The van der Waals surface area contributed by atoms with Crippen molar-refractivity contribution in [2.75, 3.05) is 5.32 Å². The van der Waals surface area contributed by atoms with Gasteiger partial charge in [0, 0.05) is 11.7 Å². The van der Waals surface area contributed by atoms with Gasteiger partial charge in [-0.2, -0.15) is 0 Å². The minimum atomic E-state index is -0.126. The van der Waals surface area contributed by atoms with Crippen LogP contribution in [0.4, 0.5) is 5.69 Å². The first-order valence-electron chi connectivity index (χ1n) is 6.87. The molecule has 0 unspecified atom stereocenters. The van der Waals surface area contributed by atoms with E-state index in [-0.39, 0.29) is 6.10 Å². The molecule has 0 heterocycles. The van der Waals surface area contributed by atoms with Gasteiger partial charge < -0.3 is 15.7 Å². The maximum absolute atomic E-state index is 9.48. The largest absolute Gasteiger partial charge is 0.393 e. The Morgan fingerprint density at radius 3 is 2.53 bits per heavy atom. The molecule has 1 aliphatic rings. The molecule has 3 N–H and O–H groups in total. The van der Waals surface area contributed by atoms with Crippen LogP contribution in [-0.2, 0) is 0 Å². The molecule has 0 bridgehead atoms. The number of hydrogen-bond acceptors (Lipinski definition) is 2. The van der Waals surface area contributed by atoms with Gasteiger partial charge in [0.2, 0.25) is 0 Å². The van der Waals surface area contributed by atoms with E-state index in [1.54, 1.807) is 0 Å². The SMILES string of the molecule is Cc1ccc(NC(=S)NC2CCC(O)CC2)c(C)c1. The molecule has 1 aromatic carbocycles. The number of nitrogens with one attached hydrogen (secondary N) is 2. The minimum absolute atomic E-state index is 0.126. The molecule has 0 amide bonds. The van der Waals surface area contributed by atoms with Gasteiger partial charge in [-0.05, 0) is 63.4 Å². The number of anilines is 1. The number of aliphatic hydroxyl groups excluding tert-OH is 1. The molecule has 1 fully saturated rings. The van der Waals surface area contributed by atoms with E-state index < -0.39 is 0 Å². The van der Waals surface area contributed by atoms with Gasteiger partial charge in [0.05, 0.1) is 6.10 Å². The zero-order chi connectivity index (χ0) is 13.8. The van der Waals surface area contributed by atoms with E-state index in [1.165, 1.54) is 11.1 Å². The topological polar surface area (TPSA) is 44.3 Å². The summed E-state index contributed by atoms with van der Waals surface area (Å²) in [6.45, 7) is 4.16. The Balaban J connectivity index is 1.87. The summed E-state index contributed by atoms with van der Waals surface area (Å²) in [6.07, 6.45) is 3.57. The van der Waals surface area contributed by atoms with Crippen molar-refractivity contribution < 1.29 is 5.11 Å². The molecule has 1 saturated carbocycles. The molecule has 4 heteroatoms. The molecule has 3 nitrogen and oxygen atoms in total. The zero-order valence-electron chi connectivity index (χ0n) is 11.6. The van der Waals surface area contributed by atoms with Crippen molar-refractivity contribution in [3.05, 3.63) is 29.3 Å². The maximum atomic E-state index is 9.48. The molecule has 104 valence electrons.